The summed E-state index contributed by atoms with van der Waals surface area (Å²) in [6, 6.07) is 8.24. The van der Waals surface area contributed by atoms with E-state index < -0.39 is 0 Å². The van der Waals surface area contributed by atoms with Crippen molar-refractivity contribution >= 4 is 37.6 Å². The lowest BCUT2D eigenvalue weighted by Gasteiger charge is -2.08. The number of hydrogen-bond donors (Lipinski definition) is 0. The summed E-state index contributed by atoms with van der Waals surface area (Å²) in [5.41, 5.74) is 3.37. The standard InChI is InChI=1S/C16H13Br2FO/c1-9-3-12(4-10(2)16(9)18)15(20)7-11-5-13(17)8-14(19)6-11/h3-6,8H,7H2,1-2H3. The molecule has 0 N–H and O–H groups in total. The van der Waals surface area contributed by atoms with Gasteiger partial charge in [0.2, 0.25) is 0 Å². The molecular weight excluding hydrogens is 387 g/mol. The van der Waals surface area contributed by atoms with E-state index in [9.17, 15) is 9.18 Å². The van der Waals surface area contributed by atoms with E-state index in [0.29, 0.717) is 15.6 Å². The zero-order valence-electron chi connectivity index (χ0n) is 11.1. The van der Waals surface area contributed by atoms with Crippen molar-refractivity contribution in [3.8, 4) is 0 Å². The molecule has 0 aromatic heterocycles. The molecule has 2 rings (SSSR count). The Labute approximate surface area is 134 Å². The largest absolute Gasteiger partial charge is 0.294 e. The van der Waals surface area contributed by atoms with Gasteiger partial charge in [-0.3, -0.25) is 4.79 Å². The van der Waals surface area contributed by atoms with Crippen LogP contribution in [0.3, 0.4) is 0 Å². The molecule has 0 aliphatic heterocycles. The van der Waals surface area contributed by atoms with Gasteiger partial charge in [-0.05, 0) is 60.9 Å². The maximum absolute atomic E-state index is 13.3. The van der Waals surface area contributed by atoms with Gasteiger partial charge in [0.25, 0.3) is 0 Å². The fourth-order valence-electron chi connectivity index (χ4n) is 2.11. The topological polar surface area (TPSA) is 17.1 Å². The van der Waals surface area contributed by atoms with Crippen LogP contribution in [-0.2, 0) is 6.42 Å². The zero-order valence-corrected chi connectivity index (χ0v) is 14.3. The van der Waals surface area contributed by atoms with Crippen molar-refractivity contribution < 1.29 is 9.18 Å². The van der Waals surface area contributed by atoms with Crippen LogP contribution < -0.4 is 0 Å². The number of ketones is 1. The van der Waals surface area contributed by atoms with Crippen LogP contribution in [-0.4, -0.2) is 5.78 Å². The molecular formula is C16H13Br2FO. The van der Waals surface area contributed by atoms with Gasteiger partial charge in [0, 0.05) is 20.9 Å². The lowest BCUT2D eigenvalue weighted by molar-refractivity contribution is 0.0992. The SMILES string of the molecule is Cc1cc(C(=O)Cc2cc(F)cc(Br)c2)cc(C)c1Br. The molecule has 4 heteroatoms. The minimum atomic E-state index is -0.342. The van der Waals surface area contributed by atoms with Crippen LogP contribution in [0.1, 0.15) is 27.0 Å². The molecule has 0 saturated carbocycles. The monoisotopic (exact) mass is 398 g/mol. The molecule has 20 heavy (non-hydrogen) atoms. The maximum atomic E-state index is 13.3. The summed E-state index contributed by atoms with van der Waals surface area (Å²) >= 11 is 6.72. The van der Waals surface area contributed by atoms with Crippen molar-refractivity contribution in [3.05, 3.63) is 67.3 Å². The highest BCUT2D eigenvalue weighted by Gasteiger charge is 2.11. The number of halogens is 3. The number of rotatable bonds is 3. The first-order chi connectivity index (χ1) is 9.36. The van der Waals surface area contributed by atoms with E-state index in [4.69, 9.17) is 0 Å². The van der Waals surface area contributed by atoms with E-state index in [-0.39, 0.29) is 18.0 Å². The smallest absolute Gasteiger partial charge is 0.167 e. The summed E-state index contributed by atoms with van der Waals surface area (Å²) in [6.45, 7) is 3.90. The molecule has 0 heterocycles. The van der Waals surface area contributed by atoms with Crippen LogP contribution in [0.5, 0.6) is 0 Å². The van der Waals surface area contributed by atoms with Gasteiger partial charge in [-0.2, -0.15) is 0 Å². The van der Waals surface area contributed by atoms with Gasteiger partial charge < -0.3 is 0 Å². The van der Waals surface area contributed by atoms with Crippen LogP contribution in [0.2, 0.25) is 0 Å². The maximum Gasteiger partial charge on any atom is 0.167 e. The van der Waals surface area contributed by atoms with Crippen LogP contribution >= 0.6 is 31.9 Å². The van der Waals surface area contributed by atoms with Gasteiger partial charge in [0.15, 0.2) is 5.78 Å². The molecule has 0 radical (unpaired) electrons. The lowest BCUT2D eigenvalue weighted by atomic mass is 9.99. The van der Waals surface area contributed by atoms with Gasteiger partial charge in [-0.1, -0.05) is 31.9 Å². The van der Waals surface area contributed by atoms with Crippen LogP contribution in [0, 0.1) is 19.7 Å². The van der Waals surface area contributed by atoms with Gasteiger partial charge in [-0.25, -0.2) is 4.39 Å². The van der Waals surface area contributed by atoms with Crippen molar-refractivity contribution in [2.75, 3.05) is 0 Å². The highest BCUT2D eigenvalue weighted by Crippen LogP contribution is 2.24. The molecule has 0 atom stereocenters. The van der Waals surface area contributed by atoms with E-state index >= 15 is 0 Å². The molecule has 104 valence electrons. The zero-order chi connectivity index (χ0) is 14.9. The van der Waals surface area contributed by atoms with Crippen LogP contribution in [0.15, 0.2) is 39.3 Å². The third kappa shape index (κ3) is 3.55. The van der Waals surface area contributed by atoms with E-state index in [1.54, 1.807) is 6.07 Å². The molecule has 0 amide bonds. The fourth-order valence-corrected chi connectivity index (χ4v) is 2.85. The molecule has 0 bridgehead atoms. The molecule has 0 fully saturated rings. The van der Waals surface area contributed by atoms with Gasteiger partial charge >= 0.3 is 0 Å². The second-order valence-electron chi connectivity index (χ2n) is 4.80. The third-order valence-corrected chi connectivity index (χ3v) is 4.75. The Kier molecular flexibility index (Phi) is 4.76. The minimum Gasteiger partial charge on any atom is -0.294 e. The Hall–Kier alpha value is -1.000. The summed E-state index contributed by atoms with van der Waals surface area (Å²) < 4.78 is 15.0. The number of aryl methyl sites for hydroxylation is 2. The number of benzene rings is 2. The first-order valence-electron chi connectivity index (χ1n) is 6.11. The summed E-state index contributed by atoms with van der Waals surface area (Å²) in [4.78, 5) is 12.3. The summed E-state index contributed by atoms with van der Waals surface area (Å²) in [5.74, 6) is -0.355. The highest BCUT2D eigenvalue weighted by molar-refractivity contribution is 9.10. The number of hydrogen-bond acceptors (Lipinski definition) is 1. The molecule has 2 aromatic carbocycles. The minimum absolute atomic E-state index is 0.0128. The quantitative estimate of drug-likeness (QED) is 0.632. The van der Waals surface area contributed by atoms with E-state index in [1.807, 2.05) is 26.0 Å². The molecule has 0 aliphatic rings. The molecule has 1 nitrogen and oxygen atoms in total. The Morgan fingerprint density at radius 3 is 2.20 bits per heavy atom. The second kappa shape index (κ2) is 6.19. The second-order valence-corrected chi connectivity index (χ2v) is 6.51. The molecule has 0 saturated heterocycles. The Morgan fingerprint density at radius 1 is 1.05 bits per heavy atom. The molecule has 0 unspecified atom stereocenters. The Balaban J connectivity index is 2.28. The van der Waals surface area contributed by atoms with E-state index in [2.05, 4.69) is 31.9 Å². The van der Waals surface area contributed by atoms with Crippen LogP contribution in [0.25, 0.3) is 0 Å². The summed E-state index contributed by atoms with van der Waals surface area (Å²) in [5, 5.41) is 0. The fraction of sp³-hybridized carbons (Fsp3) is 0.188. The van der Waals surface area contributed by atoms with E-state index in [1.165, 1.54) is 12.1 Å². The van der Waals surface area contributed by atoms with Crippen molar-refractivity contribution in [3.63, 3.8) is 0 Å². The molecule has 0 spiro atoms. The van der Waals surface area contributed by atoms with Gasteiger partial charge in [0.1, 0.15) is 5.82 Å². The molecule has 2 aromatic rings. The highest BCUT2D eigenvalue weighted by atomic mass is 79.9. The number of Topliss-reactive ketones (excluding diaryl/α,β-unsaturated/α-hetero) is 1. The Bertz CT molecular complexity index is 637. The van der Waals surface area contributed by atoms with Crippen molar-refractivity contribution in [2.24, 2.45) is 0 Å². The molecule has 0 aliphatic carbocycles. The van der Waals surface area contributed by atoms with Crippen molar-refractivity contribution in [1.29, 1.82) is 0 Å². The van der Waals surface area contributed by atoms with Gasteiger partial charge in [0.05, 0.1) is 0 Å². The number of carbonyl (C=O) groups is 1. The predicted octanol–water partition coefficient (Wildman–Crippen LogP) is 5.39. The van der Waals surface area contributed by atoms with Crippen molar-refractivity contribution in [1.82, 2.24) is 0 Å². The average Bonchev–Trinajstić information content (AvgIpc) is 2.33. The summed E-state index contributed by atoms with van der Waals surface area (Å²) in [6.07, 6.45) is 0.191. The van der Waals surface area contributed by atoms with Crippen molar-refractivity contribution in [2.45, 2.75) is 20.3 Å². The lowest BCUT2D eigenvalue weighted by Crippen LogP contribution is -2.05. The number of carbonyl (C=O) groups excluding carboxylic acids is 1. The Morgan fingerprint density at radius 2 is 1.65 bits per heavy atom. The average molecular weight is 400 g/mol. The normalized spacial score (nSPS) is 10.7. The van der Waals surface area contributed by atoms with E-state index in [0.717, 1.165) is 15.6 Å². The van der Waals surface area contributed by atoms with Gasteiger partial charge in [-0.15, -0.1) is 0 Å². The predicted molar refractivity (Wildman–Crippen MR) is 85.8 cm³/mol. The first-order valence-corrected chi connectivity index (χ1v) is 7.70. The van der Waals surface area contributed by atoms with Crippen LogP contribution in [0.4, 0.5) is 4.39 Å². The third-order valence-electron chi connectivity index (χ3n) is 3.05. The first kappa shape index (κ1) is 15.4. The summed E-state index contributed by atoms with van der Waals surface area (Å²) in [7, 11) is 0.